The lowest BCUT2D eigenvalue weighted by Crippen LogP contribution is -2.20. The Morgan fingerprint density at radius 2 is 2.42 bits per heavy atom. The molecule has 12 heavy (non-hydrogen) atoms. The summed E-state index contributed by atoms with van der Waals surface area (Å²) in [5.74, 6) is 0.244. The molecule has 0 aromatic heterocycles. The van der Waals surface area contributed by atoms with Crippen LogP contribution in [0.1, 0.15) is 6.42 Å². The minimum Gasteiger partial charge on any atom is -0.500 e. The lowest BCUT2D eigenvalue weighted by atomic mass is 10.0. The highest BCUT2D eigenvalue weighted by Crippen LogP contribution is 2.23. The van der Waals surface area contributed by atoms with Crippen molar-refractivity contribution in [1.82, 2.24) is 0 Å². The molecule has 0 aromatic rings. The van der Waals surface area contributed by atoms with Gasteiger partial charge in [0.25, 0.3) is 0 Å². The van der Waals surface area contributed by atoms with Gasteiger partial charge < -0.3 is 10.5 Å². The number of amides is 1. The molecule has 0 bridgehead atoms. The molecule has 0 saturated carbocycles. The first-order valence-electron chi connectivity index (χ1n) is 3.53. The van der Waals surface area contributed by atoms with Gasteiger partial charge in [-0.3, -0.25) is 4.79 Å². The molecule has 4 heteroatoms. The molecule has 0 aromatic carbocycles. The minimum atomic E-state index is -0.424. The lowest BCUT2D eigenvalue weighted by Gasteiger charge is -2.16. The first-order valence-corrected chi connectivity index (χ1v) is 3.97. The van der Waals surface area contributed by atoms with E-state index in [0.717, 1.165) is 0 Å². The predicted octanol–water partition coefficient (Wildman–Crippen LogP) is 0.940. The SMILES string of the molecule is COC1=CC=C(C(N)=O)CC1Cl. The van der Waals surface area contributed by atoms with E-state index < -0.39 is 5.91 Å². The molecular formula is C8H10ClNO2. The number of carbonyl (C=O) groups is 1. The number of halogens is 1. The summed E-state index contributed by atoms with van der Waals surface area (Å²) in [7, 11) is 1.55. The zero-order chi connectivity index (χ0) is 9.14. The average molecular weight is 188 g/mol. The van der Waals surface area contributed by atoms with E-state index >= 15 is 0 Å². The van der Waals surface area contributed by atoms with Gasteiger partial charge in [0.2, 0.25) is 5.91 Å². The Morgan fingerprint density at radius 1 is 1.75 bits per heavy atom. The van der Waals surface area contributed by atoms with Crippen molar-refractivity contribution in [3.63, 3.8) is 0 Å². The molecule has 66 valence electrons. The Bertz CT molecular complexity index is 258. The van der Waals surface area contributed by atoms with Crippen LogP contribution in [0.25, 0.3) is 0 Å². The number of primary amides is 1. The van der Waals surface area contributed by atoms with Gasteiger partial charge in [-0.05, 0) is 6.08 Å². The first kappa shape index (κ1) is 9.13. The lowest BCUT2D eigenvalue weighted by molar-refractivity contribution is -0.114. The zero-order valence-electron chi connectivity index (χ0n) is 6.71. The quantitative estimate of drug-likeness (QED) is 0.655. The molecule has 1 aliphatic carbocycles. The van der Waals surface area contributed by atoms with Gasteiger partial charge in [0.05, 0.1) is 12.5 Å². The Balaban J connectivity index is 2.81. The van der Waals surface area contributed by atoms with Crippen molar-refractivity contribution in [1.29, 1.82) is 0 Å². The Labute approximate surface area is 75.8 Å². The molecular weight excluding hydrogens is 178 g/mol. The van der Waals surface area contributed by atoms with E-state index in [4.69, 9.17) is 22.1 Å². The van der Waals surface area contributed by atoms with Gasteiger partial charge in [-0.25, -0.2) is 0 Å². The van der Waals surface area contributed by atoms with Gasteiger partial charge in [0.15, 0.2) is 0 Å². The van der Waals surface area contributed by atoms with Crippen molar-refractivity contribution in [2.24, 2.45) is 5.73 Å². The van der Waals surface area contributed by atoms with Crippen LogP contribution in [0, 0.1) is 0 Å². The summed E-state index contributed by atoms with van der Waals surface area (Å²) in [6.07, 6.45) is 3.75. The van der Waals surface area contributed by atoms with E-state index in [0.29, 0.717) is 17.8 Å². The minimum absolute atomic E-state index is 0.275. The van der Waals surface area contributed by atoms with Gasteiger partial charge in [-0.15, -0.1) is 11.6 Å². The summed E-state index contributed by atoms with van der Waals surface area (Å²) in [5, 5.41) is -0.275. The second kappa shape index (κ2) is 3.63. The molecule has 2 N–H and O–H groups in total. The fourth-order valence-electron chi connectivity index (χ4n) is 1.03. The monoisotopic (exact) mass is 187 g/mol. The number of rotatable bonds is 2. The van der Waals surface area contributed by atoms with Gasteiger partial charge in [0, 0.05) is 12.0 Å². The van der Waals surface area contributed by atoms with E-state index in [9.17, 15) is 4.79 Å². The molecule has 0 aliphatic heterocycles. The maximum Gasteiger partial charge on any atom is 0.244 e. The summed E-state index contributed by atoms with van der Waals surface area (Å²) in [6.45, 7) is 0. The third kappa shape index (κ3) is 1.80. The normalized spacial score (nSPS) is 22.7. The number of hydrogen-bond acceptors (Lipinski definition) is 2. The fraction of sp³-hybridized carbons (Fsp3) is 0.375. The first-order chi connectivity index (χ1) is 5.65. The van der Waals surface area contributed by atoms with Crippen LogP contribution in [0.4, 0.5) is 0 Å². The molecule has 1 rings (SSSR count). The standard InChI is InChI=1S/C8H10ClNO2/c1-12-7-3-2-5(8(10)11)4-6(7)9/h2-3,6H,4H2,1H3,(H2,10,11). The van der Waals surface area contributed by atoms with Gasteiger partial charge >= 0.3 is 0 Å². The van der Waals surface area contributed by atoms with Crippen molar-refractivity contribution < 1.29 is 9.53 Å². The van der Waals surface area contributed by atoms with E-state index in [1.807, 2.05) is 0 Å². The largest absolute Gasteiger partial charge is 0.500 e. The van der Waals surface area contributed by atoms with E-state index in [1.165, 1.54) is 0 Å². The highest BCUT2D eigenvalue weighted by molar-refractivity contribution is 6.22. The molecule has 1 amide bonds. The third-order valence-electron chi connectivity index (χ3n) is 1.71. The smallest absolute Gasteiger partial charge is 0.244 e. The molecule has 0 fully saturated rings. The van der Waals surface area contributed by atoms with E-state index in [1.54, 1.807) is 19.3 Å². The summed E-state index contributed by atoms with van der Waals surface area (Å²) < 4.78 is 4.96. The Hall–Kier alpha value is -0.960. The number of ether oxygens (including phenoxy) is 1. The van der Waals surface area contributed by atoms with Crippen molar-refractivity contribution in [2.75, 3.05) is 7.11 Å². The molecule has 0 radical (unpaired) electrons. The van der Waals surface area contributed by atoms with Crippen LogP contribution in [0.3, 0.4) is 0 Å². The van der Waals surface area contributed by atoms with Crippen LogP contribution in [0.5, 0.6) is 0 Å². The summed E-state index contributed by atoms with van der Waals surface area (Å²) in [4.78, 5) is 10.7. The Morgan fingerprint density at radius 3 is 2.83 bits per heavy atom. The van der Waals surface area contributed by atoms with Crippen LogP contribution < -0.4 is 5.73 Å². The van der Waals surface area contributed by atoms with Crippen LogP contribution in [0.15, 0.2) is 23.5 Å². The molecule has 0 spiro atoms. The average Bonchev–Trinajstić information content (AvgIpc) is 2.04. The van der Waals surface area contributed by atoms with Crippen molar-refractivity contribution in [3.05, 3.63) is 23.5 Å². The van der Waals surface area contributed by atoms with Crippen molar-refractivity contribution >= 4 is 17.5 Å². The van der Waals surface area contributed by atoms with Crippen LogP contribution in [0.2, 0.25) is 0 Å². The highest BCUT2D eigenvalue weighted by Gasteiger charge is 2.19. The number of nitrogens with two attached hydrogens (primary N) is 1. The Kier molecular flexibility index (Phi) is 2.76. The molecule has 1 unspecified atom stereocenters. The van der Waals surface area contributed by atoms with E-state index in [2.05, 4.69) is 0 Å². The number of alkyl halides is 1. The molecule has 1 aliphatic rings. The van der Waals surface area contributed by atoms with Crippen molar-refractivity contribution in [3.8, 4) is 0 Å². The summed E-state index contributed by atoms with van der Waals surface area (Å²) in [6, 6.07) is 0. The van der Waals surface area contributed by atoms with Gasteiger partial charge in [-0.1, -0.05) is 6.08 Å². The third-order valence-corrected chi connectivity index (χ3v) is 2.08. The number of methoxy groups -OCH3 is 1. The zero-order valence-corrected chi connectivity index (χ0v) is 7.47. The topological polar surface area (TPSA) is 52.3 Å². The molecule has 0 saturated heterocycles. The number of carbonyl (C=O) groups excluding carboxylic acids is 1. The maximum atomic E-state index is 10.7. The second-order valence-electron chi connectivity index (χ2n) is 2.50. The number of hydrogen-bond donors (Lipinski definition) is 1. The van der Waals surface area contributed by atoms with Gasteiger partial charge in [-0.2, -0.15) is 0 Å². The summed E-state index contributed by atoms with van der Waals surface area (Å²) in [5.41, 5.74) is 5.62. The maximum absolute atomic E-state index is 10.7. The van der Waals surface area contributed by atoms with Crippen LogP contribution in [-0.4, -0.2) is 18.4 Å². The van der Waals surface area contributed by atoms with Crippen LogP contribution in [-0.2, 0) is 9.53 Å². The highest BCUT2D eigenvalue weighted by atomic mass is 35.5. The number of allylic oxidation sites excluding steroid dienone is 3. The molecule has 1 atom stereocenters. The van der Waals surface area contributed by atoms with Gasteiger partial charge in [0.1, 0.15) is 5.76 Å². The predicted molar refractivity (Wildman–Crippen MR) is 46.6 cm³/mol. The fourth-order valence-corrected chi connectivity index (χ4v) is 1.36. The van der Waals surface area contributed by atoms with Crippen LogP contribution >= 0.6 is 11.6 Å². The van der Waals surface area contributed by atoms with E-state index in [-0.39, 0.29) is 5.38 Å². The molecule has 3 nitrogen and oxygen atoms in total. The summed E-state index contributed by atoms with van der Waals surface area (Å²) >= 11 is 5.88. The second-order valence-corrected chi connectivity index (χ2v) is 3.03. The van der Waals surface area contributed by atoms with Crippen molar-refractivity contribution in [2.45, 2.75) is 11.8 Å². The molecule has 0 heterocycles.